The number of carboxylic acids is 1. The lowest BCUT2D eigenvalue weighted by Gasteiger charge is -2.31. The van der Waals surface area contributed by atoms with Crippen LogP contribution in [0.2, 0.25) is 5.02 Å². The van der Waals surface area contributed by atoms with Crippen LogP contribution in [-0.4, -0.2) is 100 Å². The Labute approximate surface area is 371 Å². The third-order valence-electron chi connectivity index (χ3n) is 7.83. The summed E-state index contributed by atoms with van der Waals surface area (Å²) in [6.07, 6.45) is 4.10. The van der Waals surface area contributed by atoms with Crippen molar-refractivity contribution in [3.05, 3.63) is 112 Å². The van der Waals surface area contributed by atoms with Gasteiger partial charge in [0.15, 0.2) is 12.2 Å². The molecule has 60 heavy (non-hydrogen) atoms. The lowest BCUT2D eigenvalue weighted by molar-refractivity contribution is -0.383. The second-order valence-electron chi connectivity index (χ2n) is 12.7. The molecule has 0 aromatic heterocycles. The standard InChI is InChI=1S/C15H22ClNO2.C12H9ClN2O3.C8H11Cl2NO.C5H12NO4P/c1-5-13-8-6-7-11(2)15(13)17(14(18)9-16)12(3)10-19-4;13-11-10(18-8-4-2-1-3-5-8)7-6-9(12(11)14)15(16)17;1-3-5-11(6-4-2)8(12)7(9)10;1-11(9,10)3-2-4(6)5(7)8/h6-8,12H,5,9-10H2,1-4H3;1-7H,14H2;3-4,7H,1-2,5-6H2;4H,2-3,6H2,1H3,(H,7,8)(H,9,10). The van der Waals surface area contributed by atoms with Crippen LogP contribution >= 0.6 is 53.8 Å². The maximum Gasteiger partial charge on any atom is 0.320 e. The van der Waals surface area contributed by atoms with E-state index in [4.69, 9.17) is 77.3 Å². The highest BCUT2D eigenvalue weighted by molar-refractivity contribution is 7.57. The number of aliphatic carboxylic acids is 1. The number of para-hydroxylation sites is 2. The van der Waals surface area contributed by atoms with E-state index in [-0.39, 0.29) is 58.5 Å². The lowest BCUT2D eigenvalue weighted by atomic mass is 10.0. The summed E-state index contributed by atoms with van der Waals surface area (Å²) in [5.41, 5.74) is 13.5. The second kappa shape index (κ2) is 29.1. The fourth-order valence-corrected chi connectivity index (χ4v) is 6.30. The molecule has 0 aliphatic carbocycles. The molecule has 0 fully saturated rings. The van der Waals surface area contributed by atoms with E-state index in [0.29, 0.717) is 25.4 Å². The van der Waals surface area contributed by atoms with Gasteiger partial charge in [0.25, 0.3) is 11.6 Å². The summed E-state index contributed by atoms with van der Waals surface area (Å²) in [7, 11) is -1.47. The SMILES string of the molecule is C=CCN(CC=C)C(=O)C(Cl)Cl.CCc1cccc(C)c1N(C(=O)CCl)C(C)COC.CP(=O)(O)CCC(N)C(=O)O.Nc1c([N+](=O)[O-])ccc(Oc2ccccc2)c1Cl. The minimum atomic E-state index is -3.10. The summed E-state index contributed by atoms with van der Waals surface area (Å²) in [6, 6.07) is 16.6. The van der Waals surface area contributed by atoms with Crippen LogP contribution in [0.25, 0.3) is 0 Å². The van der Waals surface area contributed by atoms with Gasteiger partial charge in [0, 0.05) is 39.1 Å². The van der Waals surface area contributed by atoms with Crippen LogP contribution in [0.15, 0.2) is 86.0 Å². The number of hydrogen-bond acceptors (Lipinski definition) is 10. The van der Waals surface area contributed by atoms with Gasteiger partial charge in [-0.1, -0.05) is 90.3 Å². The van der Waals surface area contributed by atoms with Gasteiger partial charge in [0.05, 0.1) is 23.3 Å². The number of methoxy groups -OCH3 is 1. The van der Waals surface area contributed by atoms with Crippen molar-refractivity contribution in [2.45, 2.75) is 50.5 Å². The molecular weight excluding hydrogens is 883 g/mol. The first-order valence-electron chi connectivity index (χ1n) is 18.1. The average molecular weight is 938 g/mol. The van der Waals surface area contributed by atoms with Crippen LogP contribution in [-0.2, 0) is 30.1 Å². The molecule has 3 aromatic rings. The molecule has 3 atom stereocenters. The Morgan fingerprint density at radius 1 is 1.05 bits per heavy atom. The van der Waals surface area contributed by atoms with Gasteiger partial charge in [-0.3, -0.25) is 29.1 Å². The van der Waals surface area contributed by atoms with Gasteiger partial charge in [0.2, 0.25) is 5.91 Å². The first-order chi connectivity index (χ1) is 28.1. The Morgan fingerprint density at radius 3 is 2.08 bits per heavy atom. The monoisotopic (exact) mass is 935 g/mol. The van der Waals surface area contributed by atoms with Gasteiger partial charge in [-0.15, -0.1) is 24.8 Å². The molecule has 0 saturated carbocycles. The number of rotatable bonds is 18. The lowest BCUT2D eigenvalue weighted by Crippen LogP contribution is -2.43. The van der Waals surface area contributed by atoms with Crippen molar-refractivity contribution in [2.24, 2.45) is 5.73 Å². The molecule has 0 radical (unpaired) electrons. The highest BCUT2D eigenvalue weighted by Gasteiger charge is 2.25. The minimum absolute atomic E-state index is 0.0223. The Balaban J connectivity index is 0.000000796. The number of nitro groups is 1. The van der Waals surface area contributed by atoms with E-state index in [1.165, 1.54) is 23.7 Å². The number of carbonyl (C=O) groups is 3. The molecule has 3 unspecified atom stereocenters. The number of carbonyl (C=O) groups excluding carboxylic acids is 2. The van der Waals surface area contributed by atoms with Crippen molar-refractivity contribution in [1.29, 1.82) is 0 Å². The molecule has 20 heteroatoms. The number of nitro benzene ring substituents is 1. The smallest absolute Gasteiger partial charge is 0.320 e. The van der Waals surface area contributed by atoms with Gasteiger partial charge in [-0.25, -0.2) is 0 Å². The molecule has 0 spiro atoms. The molecule has 2 amide bonds. The molecule has 3 aromatic carbocycles. The fourth-order valence-electron chi connectivity index (χ4n) is 4.94. The van der Waals surface area contributed by atoms with Gasteiger partial charge in [-0.05, 0) is 56.0 Å². The number of benzene rings is 3. The van der Waals surface area contributed by atoms with E-state index >= 15 is 0 Å². The van der Waals surface area contributed by atoms with Crippen molar-refractivity contribution in [2.75, 3.05) is 56.1 Å². The summed E-state index contributed by atoms with van der Waals surface area (Å²) in [5.74, 6) is -0.712. The number of nitrogen functional groups attached to an aromatic ring is 1. The fraction of sp³-hybridized carbons (Fsp3) is 0.375. The summed E-state index contributed by atoms with van der Waals surface area (Å²) < 4.78 is 21.3. The molecule has 0 bridgehead atoms. The van der Waals surface area contributed by atoms with Crippen LogP contribution in [0, 0.1) is 17.0 Å². The van der Waals surface area contributed by atoms with Crippen LogP contribution in [0.1, 0.15) is 31.4 Å². The first-order valence-corrected chi connectivity index (χ1v) is 22.2. The Kier molecular flexibility index (Phi) is 27.1. The Bertz CT molecular complexity index is 1890. The Morgan fingerprint density at radius 2 is 1.63 bits per heavy atom. The van der Waals surface area contributed by atoms with Crippen molar-refractivity contribution in [3.63, 3.8) is 0 Å². The molecule has 0 saturated heterocycles. The number of aryl methyl sites for hydroxylation is 2. The molecule has 3 rings (SSSR count). The summed E-state index contributed by atoms with van der Waals surface area (Å²) >= 11 is 22.5. The Hall–Kier alpha value is -4.18. The van der Waals surface area contributed by atoms with Crippen LogP contribution in [0.5, 0.6) is 11.5 Å². The van der Waals surface area contributed by atoms with E-state index in [1.54, 1.807) is 48.4 Å². The second-order valence-corrected chi connectivity index (χ2v) is 17.0. The number of halogens is 4. The highest BCUT2D eigenvalue weighted by atomic mass is 35.5. The number of nitrogens with zero attached hydrogens (tertiary/aromatic N) is 3. The largest absolute Gasteiger partial charge is 0.480 e. The third-order valence-corrected chi connectivity index (χ3v) is 9.91. The summed E-state index contributed by atoms with van der Waals surface area (Å²) in [5, 5.41) is 19.0. The third kappa shape index (κ3) is 20.4. The quantitative estimate of drug-likeness (QED) is 0.0235. The maximum absolute atomic E-state index is 12.2. The number of ether oxygens (including phenoxy) is 2. The van der Waals surface area contributed by atoms with Crippen molar-refractivity contribution in [1.82, 2.24) is 4.90 Å². The van der Waals surface area contributed by atoms with Gasteiger partial charge in [-0.2, -0.15) is 0 Å². The predicted molar refractivity (Wildman–Crippen MR) is 242 cm³/mol. The number of carboxylic acid groups (broad SMARTS) is 1. The number of nitrogens with two attached hydrogens (primary N) is 2. The molecule has 0 aliphatic heterocycles. The van der Waals surface area contributed by atoms with E-state index in [0.717, 1.165) is 23.2 Å². The highest BCUT2D eigenvalue weighted by Crippen LogP contribution is 2.39. The van der Waals surface area contributed by atoms with Crippen LogP contribution in [0.4, 0.5) is 17.1 Å². The van der Waals surface area contributed by atoms with Gasteiger partial charge in [0.1, 0.15) is 34.1 Å². The normalized spacial score (nSPS) is 12.3. The molecule has 6 N–H and O–H groups in total. The van der Waals surface area contributed by atoms with Crippen LogP contribution < -0.4 is 21.1 Å². The summed E-state index contributed by atoms with van der Waals surface area (Å²) in [6.45, 7) is 15.6. The molecule has 0 heterocycles. The number of amides is 2. The van der Waals surface area contributed by atoms with Crippen molar-refractivity contribution < 1.29 is 43.3 Å². The number of hydrogen-bond donors (Lipinski definition) is 4. The van der Waals surface area contributed by atoms with Crippen molar-refractivity contribution >= 4 is 88.6 Å². The van der Waals surface area contributed by atoms with E-state index < -0.39 is 29.1 Å². The minimum Gasteiger partial charge on any atom is -0.480 e. The van der Waals surface area contributed by atoms with E-state index in [9.17, 15) is 29.1 Å². The zero-order chi connectivity index (χ0) is 46.2. The maximum atomic E-state index is 12.2. The van der Waals surface area contributed by atoms with Gasteiger partial charge >= 0.3 is 5.97 Å². The number of alkyl halides is 3. The predicted octanol–water partition coefficient (Wildman–Crippen LogP) is 8.47. The number of anilines is 2. The van der Waals surface area contributed by atoms with Gasteiger partial charge < -0.3 is 40.7 Å². The zero-order valence-corrected chi connectivity index (χ0v) is 38.1. The molecule has 0 aliphatic rings. The van der Waals surface area contributed by atoms with Crippen LogP contribution in [0.3, 0.4) is 0 Å². The zero-order valence-electron chi connectivity index (χ0n) is 34.1. The topological polar surface area (TPSA) is 229 Å². The summed E-state index contributed by atoms with van der Waals surface area (Å²) in [4.78, 5) is 54.6. The molecule has 332 valence electrons. The van der Waals surface area contributed by atoms with E-state index in [2.05, 4.69) is 26.1 Å². The average Bonchev–Trinajstić information content (AvgIpc) is 3.19. The molecule has 15 nitrogen and oxygen atoms in total. The first kappa shape index (κ1) is 55.8. The van der Waals surface area contributed by atoms with Crippen molar-refractivity contribution in [3.8, 4) is 11.5 Å². The van der Waals surface area contributed by atoms with E-state index in [1.807, 2.05) is 32.0 Å². The molecular formula is C40H54Cl4N5O10P.